The molecule has 1 N–H and O–H groups in total. The number of aromatic nitrogens is 2. The van der Waals surface area contributed by atoms with E-state index < -0.39 is 0 Å². The summed E-state index contributed by atoms with van der Waals surface area (Å²) in [6.45, 7) is 0. The molecule has 0 fully saturated rings. The van der Waals surface area contributed by atoms with Gasteiger partial charge < -0.3 is 4.98 Å². The highest BCUT2D eigenvalue weighted by Gasteiger charge is 2.06. The Morgan fingerprint density at radius 3 is 2.50 bits per heavy atom. The fourth-order valence-electron chi connectivity index (χ4n) is 2.28. The number of imidazole rings is 1. The predicted molar refractivity (Wildman–Crippen MR) is 84.6 cm³/mol. The van der Waals surface area contributed by atoms with Crippen molar-refractivity contribution in [1.82, 2.24) is 9.97 Å². The summed E-state index contributed by atoms with van der Waals surface area (Å²) in [5.74, 6) is 0.981. The van der Waals surface area contributed by atoms with Crippen LogP contribution in [0.25, 0.3) is 11.0 Å². The average molecular weight is 305 g/mol. The zero-order chi connectivity index (χ0) is 13.9. The molecule has 2 aromatic carbocycles. The van der Waals surface area contributed by atoms with Crippen LogP contribution >= 0.6 is 23.2 Å². The van der Waals surface area contributed by atoms with Crippen molar-refractivity contribution in [3.05, 3.63) is 63.9 Å². The lowest BCUT2D eigenvalue weighted by atomic mass is 10.1. The molecule has 0 aliphatic carbocycles. The molecule has 0 radical (unpaired) electrons. The third-order valence-corrected chi connectivity index (χ3v) is 4.02. The van der Waals surface area contributed by atoms with Gasteiger partial charge in [0.2, 0.25) is 0 Å². The fraction of sp³-hybridized carbons (Fsp3) is 0.188. The van der Waals surface area contributed by atoms with E-state index in [1.54, 1.807) is 6.07 Å². The standard InChI is InChI=1S/C16H14Cl2N2/c17-12-9-14-15(10-13(12)18)20-16(19-14)8-4-7-11-5-2-1-3-6-11/h1-3,5-6,9-10H,4,7-8H2,(H,19,20). The number of benzene rings is 2. The molecule has 0 spiro atoms. The quantitative estimate of drug-likeness (QED) is 0.718. The van der Waals surface area contributed by atoms with Gasteiger partial charge in [-0.05, 0) is 30.5 Å². The topological polar surface area (TPSA) is 28.7 Å². The Hall–Kier alpha value is -1.51. The van der Waals surface area contributed by atoms with E-state index in [4.69, 9.17) is 23.2 Å². The van der Waals surface area contributed by atoms with Crippen LogP contribution in [0.1, 0.15) is 17.8 Å². The normalized spacial score (nSPS) is 11.1. The van der Waals surface area contributed by atoms with Gasteiger partial charge in [0.15, 0.2) is 0 Å². The van der Waals surface area contributed by atoms with Crippen molar-refractivity contribution in [2.24, 2.45) is 0 Å². The molecule has 0 amide bonds. The van der Waals surface area contributed by atoms with Gasteiger partial charge in [-0.3, -0.25) is 0 Å². The minimum Gasteiger partial charge on any atom is -0.342 e. The Balaban J connectivity index is 1.69. The van der Waals surface area contributed by atoms with Gasteiger partial charge in [0.1, 0.15) is 5.82 Å². The molecule has 1 aromatic heterocycles. The summed E-state index contributed by atoms with van der Waals surface area (Å²) in [7, 11) is 0. The number of aromatic amines is 1. The van der Waals surface area contributed by atoms with Crippen LogP contribution in [-0.4, -0.2) is 9.97 Å². The Labute approximate surface area is 127 Å². The number of nitrogens with zero attached hydrogens (tertiary/aromatic N) is 1. The highest BCUT2D eigenvalue weighted by molar-refractivity contribution is 6.42. The van der Waals surface area contributed by atoms with Crippen LogP contribution in [-0.2, 0) is 12.8 Å². The average Bonchev–Trinajstić information content (AvgIpc) is 2.82. The van der Waals surface area contributed by atoms with E-state index in [-0.39, 0.29) is 0 Å². The van der Waals surface area contributed by atoms with Crippen LogP contribution in [0.2, 0.25) is 10.0 Å². The summed E-state index contributed by atoms with van der Waals surface area (Å²) in [4.78, 5) is 7.84. The van der Waals surface area contributed by atoms with Crippen molar-refractivity contribution in [3.63, 3.8) is 0 Å². The molecule has 0 unspecified atom stereocenters. The Bertz CT molecular complexity index is 681. The lowest BCUT2D eigenvalue weighted by Gasteiger charge is -1.99. The molecule has 0 saturated heterocycles. The van der Waals surface area contributed by atoms with Gasteiger partial charge in [-0.15, -0.1) is 0 Å². The first-order valence-electron chi connectivity index (χ1n) is 6.60. The van der Waals surface area contributed by atoms with Crippen molar-refractivity contribution in [2.45, 2.75) is 19.3 Å². The van der Waals surface area contributed by atoms with Gasteiger partial charge in [0.25, 0.3) is 0 Å². The molecule has 4 heteroatoms. The third kappa shape index (κ3) is 2.97. The maximum Gasteiger partial charge on any atom is 0.107 e. The monoisotopic (exact) mass is 304 g/mol. The smallest absolute Gasteiger partial charge is 0.107 e. The van der Waals surface area contributed by atoms with E-state index in [2.05, 4.69) is 34.2 Å². The largest absolute Gasteiger partial charge is 0.342 e. The predicted octanol–water partition coefficient (Wildman–Crippen LogP) is 5.05. The maximum atomic E-state index is 6.00. The van der Waals surface area contributed by atoms with Gasteiger partial charge in [-0.2, -0.15) is 0 Å². The highest BCUT2D eigenvalue weighted by Crippen LogP contribution is 2.26. The van der Waals surface area contributed by atoms with Crippen molar-refractivity contribution in [1.29, 1.82) is 0 Å². The summed E-state index contributed by atoms with van der Waals surface area (Å²) >= 11 is 12.0. The minimum atomic E-state index is 0.543. The molecule has 0 bridgehead atoms. The molecular formula is C16H14Cl2N2. The molecule has 2 nitrogen and oxygen atoms in total. The second-order valence-electron chi connectivity index (χ2n) is 4.81. The van der Waals surface area contributed by atoms with Crippen molar-refractivity contribution >= 4 is 34.2 Å². The third-order valence-electron chi connectivity index (χ3n) is 3.29. The molecule has 1 heterocycles. The van der Waals surface area contributed by atoms with Crippen LogP contribution in [0.4, 0.5) is 0 Å². The molecule has 3 aromatic rings. The van der Waals surface area contributed by atoms with Gasteiger partial charge in [-0.1, -0.05) is 53.5 Å². The highest BCUT2D eigenvalue weighted by atomic mass is 35.5. The molecule has 102 valence electrons. The molecule has 0 aliphatic rings. The second-order valence-corrected chi connectivity index (χ2v) is 5.62. The Morgan fingerprint density at radius 2 is 1.70 bits per heavy atom. The van der Waals surface area contributed by atoms with Crippen LogP contribution in [0.15, 0.2) is 42.5 Å². The van der Waals surface area contributed by atoms with E-state index in [9.17, 15) is 0 Å². The van der Waals surface area contributed by atoms with Crippen LogP contribution in [0, 0.1) is 0 Å². The SMILES string of the molecule is Clc1cc2nc(CCCc3ccccc3)[nH]c2cc1Cl. The zero-order valence-corrected chi connectivity index (χ0v) is 12.4. The molecule has 0 aliphatic heterocycles. The van der Waals surface area contributed by atoms with Gasteiger partial charge >= 0.3 is 0 Å². The maximum absolute atomic E-state index is 6.00. The molecule has 0 saturated carbocycles. The minimum absolute atomic E-state index is 0.543. The fourth-order valence-corrected chi connectivity index (χ4v) is 2.60. The summed E-state index contributed by atoms with van der Waals surface area (Å²) in [5, 5.41) is 1.10. The Kier molecular flexibility index (Phi) is 3.95. The van der Waals surface area contributed by atoms with Crippen LogP contribution in [0.5, 0.6) is 0 Å². The Morgan fingerprint density at radius 1 is 0.950 bits per heavy atom. The molecule has 0 atom stereocenters. The summed E-state index contributed by atoms with van der Waals surface area (Å²) in [5.41, 5.74) is 3.16. The van der Waals surface area contributed by atoms with Crippen LogP contribution < -0.4 is 0 Å². The number of halogens is 2. The van der Waals surface area contributed by atoms with E-state index in [1.807, 2.05) is 12.1 Å². The van der Waals surface area contributed by atoms with Crippen molar-refractivity contribution in [3.8, 4) is 0 Å². The lowest BCUT2D eigenvalue weighted by molar-refractivity contribution is 0.786. The van der Waals surface area contributed by atoms with E-state index in [0.29, 0.717) is 10.0 Å². The summed E-state index contributed by atoms with van der Waals surface area (Å²) in [6.07, 6.45) is 3.03. The first kappa shape index (κ1) is 13.5. The number of rotatable bonds is 4. The van der Waals surface area contributed by atoms with Crippen LogP contribution in [0.3, 0.4) is 0 Å². The van der Waals surface area contributed by atoms with Gasteiger partial charge in [-0.25, -0.2) is 4.98 Å². The molecular weight excluding hydrogens is 291 g/mol. The molecule has 3 rings (SSSR count). The number of fused-ring (bicyclic) bond motifs is 1. The first-order chi connectivity index (χ1) is 9.72. The summed E-state index contributed by atoms with van der Waals surface area (Å²) in [6, 6.07) is 14.1. The van der Waals surface area contributed by atoms with E-state index in [0.717, 1.165) is 36.1 Å². The van der Waals surface area contributed by atoms with Crippen molar-refractivity contribution < 1.29 is 0 Å². The van der Waals surface area contributed by atoms with Gasteiger partial charge in [0, 0.05) is 6.42 Å². The summed E-state index contributed by atoms with van der Waals surface area (Å²) < 4.78 is 0. The first-order valence-corrected chi connectivity index (χ1v) is 7.35. The number of hydrogen-bond donors (Lipinski definition) is 1. The second kappa shape index (κ2) is 5.86. The lowest BCUT2D eigenvalue weighted by Crippen LogP contribution is -1.91. The number of aryl methyl sites for hydroxylation is 2. The number of hydrogen-bond acceptors (Lipinski definition) is 1. The zero-order valence-electron chi connectivity index (χ0n) is 10.9. The number of H-pyrrole nitrogens is 1. The van der Waals surface area contributed by atoms with Gasteiger partial charge in [0.05, 0.1) is 21.1 Å². The number of nitrogens with one attached hydrogen (secondary N) is 1. The molecule has 20 heavy (non-hydrogen) atoms. The van der Waals surface area contributed by atoms with E-state index >= 15 is 0 Å². The van der Waals surface area contributed by atoms with E-state index in [1.165, 1.54) is 5.56 Å². The van der Waals surface area contributed by atoms with Crippen molar-refractivity contribution in [2.75, 3.05) is 0 Å².